The topological polar surface area (TPSA) is 91.1 Å². The number of thiazole rings is 1. The molecular formula is C29H32F3N3O3S2. The third-order valence-corrected chi connectivity index (χ3v) is 12.0. The average Bonchev–Trinajstić information content (AvgIpc) is 3.54. The molecule has 0 amide bonds. The van der Waals surface area contributed by atoms with Crippen LogP contribution in [0, 0.1) is 22.7 Å². The molecule has 2 aromatic rings. The molecule has 1 saturated heterocycles. The third-order valence-electron chi connectivity index (χ3n) is 9.10. The van der Waals surface area contributed by atoms with Crippen LogP contribution >= 0.6 is 11.3 Å². The fourth-order valence-corrected chi connectivity index (χ4v) is 8.80. The number of aromatic nitrogens is 1. The summed E-state index contributed by atoms with van der Waals surface area (Å²) in [4.78, 5) is 21.2. The zero-order chi connectivity index (χ0) is 28.3. The van der Waals surface area contributed by atoms with E-state index in [1.54, 1.807) is 0 Å². The molecule has 11 heteroatoms. The molecular weight excluding hydrogens is 559 g/mol. The highest BCUT2D eigenvalue weighted by Gasteiger charge is 2.50. The van der Waals surface area contributed by atoms with Crippen molar-refractivity contribution in [3.05, 3.63) is 35.0 Å². The lowest BCUT2D eigenvalue weighted by Gasteiger charge is -2.34. The summed E-state index contributed by atoms with van der Waals surface area (Å²) in [6.07, 6.45) is 0.736. The Hall–Kier alpha value is -2.45. The summed E-state index contributed by atoms with van der Waals surface area (Å²) < 4.78 is 65.8. The molecule has 0 unspecified atom stereocenters. The number of hydrogen-bond acceptors (Lipinski definition) is 7. The second kappa shape index (κ2) is 10.1. The first-order chi connectivity index (χ1) is 19.0. The number of rotatable bonds is 7. The molecule has 0 spiro atoms. The summed E-state index contributed by atoms with van der Waals surface area (Å²) in [5.74, 6) is -3.84. The summed E-state index contributed by atoms with van der Waals surface area (Å²) in [5, 5.41) is 10.2. The first-order valence-corrected chi connectivity index (χ1v) is 16.6. The zero-order valence-corrected chi connectivity index (χ0v) is 23.8. The van der Waals surface area contributed by atoms with Crippen LogP contribution in [0.3, 0.4) is 0 Å². The number of benzene rings is 1. The predicted molar refractivity (Wildman–Crippen MR) is 147 cm³/mol. The first kappa shape index (κ1) is 27.7. The molecule has 3 atom stereocenters. The third kappa shape index (κ3) is 5.54. The predicted octanol–water partition coefficient (Wildman–Crippen LogP) is 6.04. The van der Waals surface area contributed by atoms with E-state index in [0.29, 0.717) is 49.5 Å². The molecule has 214 valence electrons. The van der Waals surface area contributed by atoms with Crippen LogP contribution in [-0.4, -0.2) is 55.9 Å². The van der Waals surface area contributed by atoms with Crippen LogP contribution in [0.4, 0.5) is 18.9 Å². The number of hydrogen-bond donors (Lipinski definition) is 0. The van der Waals surface area contributed by atoms with Crippen molar-refractivity contribution < 1.29 is 26.4 Å². The SMILES string of the molecule is N#CC1(CC(=O)[C@@H]2C[C@@H](F)CC[C@H]2c2nc(C3CC(F)(F)C3)sc2-c2ccc(N3CCS(=O)(=O)CC3)cc2)CC1. The van der Waals surface area contributed by atoms with E-state index in [-0.39, 0.29) is 54.8 Å². The molecule has 0 bridgehead atoms. The standard InChI is InChI=1S/C29H32F3N3O3S2/c30-20-3-6-22(23(13-20)24(36)16-28(17-33)7-8-28)25-26(39-27(34-25)19-14-29(31,32)15-19)18-1-4-21(5-2-18)35-9-11-40(37,38)12-10-35/h1-2,4-5,19-20,22-23H,3,6-16H2/t20-,22+,23+/m0/s1. The number of carbonyl (C=O) groups is 1. The molecule has 4 fully saturated rings. The van der Waals surface area contributed by atoms with Gasteiger partial charge in [-0.1, -0.05) is 12.1 Å². The smallest absolute Gasteiger partial charge is 0.249 e. The number of halogens is 3. The lowest BCUT2D eigenvalue weighted by Crippen LogP contribution is -2.40. The number of sulfone groups is 1. The van der Waals surface area contributed by atoms with E-state index in [4.69, 9.17) is 4.98 Å². The van der Waals surface area contributed by atoms with Gasteiger partial charge in [-0.05, 0) is 49.8 Å². The van der Waals surface area contributed by atoms with Crippen LogP contribution < -0.4 is 4.90 Å². The Morgan fingerprint density at radius 3 is 2.40 bits per heavy atom. The number of Topliss-reactive ketones (excluding diaryl/α,β-unsaturated/α-hetero) is 1. The van der Waals surface area contributed by atoms with E-state index in [1.165, 1.54) is 11.3 Å². The van der Waals surface area contributed by atoms with E-state index < -0.39 is 33.3 Å². The maximum absolute atomic E-state index is 14.6. The number of nitriles is 1. The number of alkyl halides is 3. The van der Waals surface area contributed by atoms with Crippen LogP contribution in [0.25, 0.3) is 10.4 Å². The van der Waals surface area contributed by atoms with Gasteiger partial charge in [0.2, 0.25) is 5.92 Å². The summed E-state index contributed by atoms with van der Waals surface area (Å²) >= 11 is 1.38. The normalized spacial score (nSPS) is 28.9. The van der Waals surface area contributed by atoms with Gasteiger partial charge in [-0.25, -0.2) is 26.6 Å². The first-order valence-electron chi connectivity index (χ1n) is 14.0. The second-order valence-electron chi connectivity index (χ2n) is 12.1. The Bertz CT molecular complexity index is 1420. The minimum Gasteiger partial charge on any atom is -0.369 e. The number of nitrogens with zero attached hydrogens (tertiary/aromatic N) is 3. The Labute approximate surface area is 236 Å². The Morgan fingerprint density at radius 1 is 1.12 bits per heavy atom. The number of anilines is 1. The highest BCUT2D eigenvalue weighted by atomic mass is 32.2. The summed E-state index contributed by atoms with van der Waals surface area (Å²) in [5.41, 5.74) is 1.81. The van der Waals surface area contributed by atoms with Crippen molar-refractivity contribution >= 4 is 32.6 Å². The maximum Gasteiger partial charge on any atom is 0.249 e. The van der Waals surface area contributed by atoms with Gasteiger partial charge in [-0.2, -0.15) is 5.26 Å². The van der Waals surface area contributed by atoms with Crippen molar-refractivity contribution in [2.75, 3.05) is 29.5 Å². The fraction of sp³-hybridized carbons (Fsp3) is 0.621. The van der Waals surface area contributed by atoms with Gasteiger partial charge in [0.25, 0.3) is 0 Å². The largest absolute Gasteiger partial charge is 0.369 e. The average molecular weight is 592 g/mol. The van der Waals surface area contributed by atoms with Crippen LogP contribution in [-0.2, 0) is 14.6 Å². The summed E-state index contributed by atoms with van der Waals surface area (Å²) in [6.45, 7) is 0.849. The summed E-state index contributed by atoms with van der Waals surface area (Å²) in [6, 6.07) is 9.99. The minimum atomic E-state index is -3.00. The van der Waals surface area contributed by atoms with E-state index in [1.807, 2.05) is 29.2 Å². The van der Waals surface area contributed by atoms with Crippen LogP contribution in [0.15, 0.2) is 24.3 Å². The molecule has 0 N–H and O–H groups in total. The van der Waals surface area contributed by atoms with E-state index in [0.717, 1.165) is 16.1 Å². The van der Waals surface area contributed by atoms with Gasteiger partial charge >= 0.3 is 0 Å². The maximum atomic E-state index is 14.6. The lowest BCUT2D eigenvalue weighted by molar-refractivity contribution is -0.126. The Morgan fingerprint density at radius 2 is 1.80 bits per heavy atom. The van der Waals surface area contributed by atoms with E-state index >= 15 is 0 Å². The van der Waals surface area contributed by atoms with Crippen molar-refractivity contribution in [3.63, 3.8) is 0 Å². The van der Waals surface area contributed by atoms with Crippen LogP contribution in [0.2, 0.25) is 0 Å². The van der Waals surface area contributed by atoms with Gasteiger partial charge in [0.1, 0.15) is 12.0 Å². The molecule has 4 aliphatic rings. The van der Waals surface area contributed by atoms with Crippen LogP contribution in [0.1, 0.15) is 73.9 Å². The molecule has 2 heterocycles. The molecule has 1 aromatic heterocycles. The van der Waals surface area contributed by atoms with Crippen molar-refractivity contribution in [3.8, 4) is 16.5 Å². The monoisotopic (exact) mass is 591 g/mol. The molecule has 6 rings (SSSR count). The van der Waals surface area contributed by atoms with Crippen LogP contribution in [0.5, 0.6) is 0 Å². The van der Waals surface area contributed by atoms with Gasteiger partial charge in [-0.3, -0.25) is 4.79 Å². The second-order valence-corrected chi connectivity index (χ2v) is 15.4. The Balaban J connectivity index is 1.31. The lowest BCUT2D eigenvalue weighted by atomic mass is 9.72. The minimum absolute atomic E-state index is 0.0929. The molecule has 0 radical (unpaired) electrons. The highest BCUT2D eigenvalue weighted by molar-refractivity contribution is 7.91. The Kier molecular flexibility index (Phi) is 7.01. The number of ketones is 1. The van der Waals surface area contributed by atoms with Crippen molar-refractivity contribution in [2.45, 2.75) is 75.3 Å². The van der Waals surface area contributed by atoms with Gasteiger partial charge in [-0.15, -0.1) is 11.3 Å². The molecule has 3 saturated carbocycles. The number of carbonyl (C=O) groups excluding carboxylic acids is 1. The molecule has 40 heavy (non-hydrogen) atoms. The van der Waals surface area contributed by atoms with Gasteiger partial charge in [0.05, 0.1) is 38.6 Å². The van der Waals surface area contributed by atoms with Crippen molar-refractivity contribution in [1.82, 2.24) is 4.98 Å². The van der Waals surface area contributed by atoms with E-state index in [9.17, 15) is 31.6 Å². The molecule has 1 aromatic carbocycles. The van der Waals surface area contributed by atoms with Crippen molar-refractivity contribution in [2.24, 2.45) is 11.3 Å². The quantitative estimate of drug-likeness (QED) is 0.390. The van der Waals surface area contributed by atoms with Gasteiger partial charge in [0.15, 0.2) is 9.84 Å². The molecule has 3 aliphatic carbocycles. The van der Waals surface area contributed by atoms with Gasteiger partial charge < -0.3 is 4.90 Å². The van der Waals surface area contributed by atoms with E-state index in [2.05, 4.69) is 6.07 Å². The zero-order valence-electron chi connectivity index (χ0n) is 22.1. The molecule has 1 aliphatic heterocycles. The molecule has 6 nitrogen and oxygen atoms in total. The van der Waals surface area contributed by atoms with Crippen molar-refractivity contribution in [1.29, 1.82) is 5.26 Å². The highest BCUT2D eigenvalue weighted by Crippen LogP contribution is 2.54. The fourth-order valence-electron chi connectivity index (χ4n) is 6.36. The van der Waals surface area contributed by atoms with Gasteiger partial charge in [0, 0.05) is 55.8 Å². The summed E-state index contributed by atoms with van der Waals surface area (Å²) in [7, 11) is -3.00.